The summed E-state index contributed by atoms with van der Waals surface area (Å²) in [6.07, 6.45) is 0. The zero-order valence-corrected chi connectivity index (χ0v) is 5.89. The predicted octanol–water partition coefficient (Wildman–Crippen LogP) is -1.57. The minimum atomic E-state index is -4.67. The van der Waals surface area contributed by atoms with Crippen molar-refractivity contribution in [2.24, 2.45) is 0 Å². The Hall–Kier alpha value is 2.32. The maximum Gasteiger partial charge on any atom is 0 e. The maximum atomic E-state index is 8.74. The fourth-order valence-corrected chi connectivity index (χ4v) is 0. The van der Waals surface area contributed by atoms with Gasteiger partial charge in [-0.3, -0.25) is 9.11 Å². The molecule has 0 aromatic carbocycles. The van der Waals surface area contributed by atoms with Crippen molar-refractivity contribution in [3.8, 4) is 0 Å². The van der Waals surface area contributed by atoms with Crippen LogP contribution in [0.2, 0.25) is 0 Å². The van der Waals surface area contributed by atoms with Crippen LogP contribution in [0.3, 0.4) is 0 Å². The molecular formula is H4BaO4SZr. The van der Waals surface area contributed by atoms with E-state index in [2.05, 4.69) is 0 Å². The molecule has 0 aliphatic carbocycles. The first-order valence-corrected chi connectivity index (χ1v) is 2.10. The largest absolute Gasteiger partial charge is 0 e. The monoisotopic (exact) mass is 328 g/mol. The summed E-state index contributed by atoms with van der Waals surface area (Å²) in [4.78, 5) is 0. The third-order valence-electron chi connectivity index (χ3n) is 0. The van der Waals surface area contributed by atoms with E-state index in [9.17, 15) is 0 Å². The predicted molar refractivity (Wildman–Crippen MR) is 22.7 cm³/mol. The van der Waals surface area contributed by atoms with Crippen LogP contribution in [0, 0.1) is 0 Å². The molecule has 0 heterocycles. The van der Waals surface area contributed by atoms with Crippen LogP contribution < -0.4 is 0 Å². The van der Waals surface area contributed by atoms with E-state index in [-0.39, 0.29) is 75.1 Å². The molecule has 0 unspecified atom stereocenters. The van der Waals surface area contributed by atoms with E-state index in [0.29, 0.717) is 0 Å². The second-order valence-electron chi connectivity index (χ2n) is 0.448. The molecule has 0 aliphatic rings. The van der Waals surface area contributed by atoms with E-state index < -0.39 is 10.4 Å². The van der Waals surface area contributed by atoms with Crippen LogP contribution in [-0.4, -0.2) is 66.4 Å². The van der Waals surface area contributed by atoms with E-state index in [1.165, 1.54) is 0 Å². The van der Waals surface area contributed by atoms with Crippen molar-refractivity contribution in [1.29, 1.82) is 0 Å². The summed E-state index contributed by atoms with van der Waals surface area (Å²) in [5.74, 6) is 0. The summed E-state index contributed by atoms with van der Waals surface area (Å²) in [7, 11) is -4.67. The van der Waals surface area contributed by atoms with Gasteiger partial charge < -0.3 is 0 Å². The molecule has 0 saturated carbocycles. The van der Waals surface area contributed by atoms with Gasteiger partial charge in [-0.25, -0.2) is 0 Å². The quantitative estimate of drug-likeness (QED) is 0.416. The maximum absolute atomic E-state index is 8.74. The van der Waals surface area contributed by atoms with Gasteiger partial charge in [-0.05, 0) is 0 Å². The Morgan fingerprint density at radius 3 is 1.14 bits per heavy atom. The zero-order chi connectivity index (χ0) is 4.50. The van der Waals surface area contributed by atoms with Crippen LogP contribution in [0.5, 0.6) is 0 Å². The average Bonchev–Trinajstić information content (AvgIpc) is 0.722. The van der Waals surface area contributed by atoms with Crippen LogP contribution >= 0.6 is 0 Å². The van der Waals surface area contributed by atoms with Gasteiger partial charge in [0.05, 0.1) is 0 Å². The van der Waals surface area contributed by atoms with Crippen LogP contribution in [0.15, 0.2) is 0 Å². The minimum absolute atomic E-state index is 0. The van der Waals surface area contributed by atoms with Gasteiger partial charge in [-0.1, -0.05) is 0 Å². The third-order valence-corrected chi connectivity index (χ3v) is 0. The SMILES string of the molecule is O=S(=O)(O)O.[BaH2].[Zr]. The van der Waals surface area contributed by atoms with Crippen LogP contribution in [0.4, 0.5) is 0 Å². The van der Waals surface area contributed by atoms with Crippen molar-refractivity contribution >= 4 is 59.3 Å². The van der Waals surface area contributed by atoms with Gasteiger partial charge in [-0.15, -0.1) is 0 Å². The van der Waals surface area contributed by atoms with Crippen molar-refractivity contribution in [3.63, 3.8) is 0 Å². The molecule has 0 atom stereocenters. The molecule has 0 bridgehead atoms. The molecule has 0 saturated heterocycles. The van der Waals surface area contributed by atoms with Crippen LogP contribution in [0.1, 0.15) is 0 Å². The van der Waals surface area contributed by atoms with Crippen LogP contribution in [-0.2, 0) is 36.6 Å². The topological polar surface area (TPSA) is 74.6 Å². The first-order valence-electron chi connectivity index (χ1n) is 0.698. The fourth-order valence-electron chi connectivity index (χ4n) is 0. The standard InChI is InChI=1S/Ba.H2O4S.Zr.2H/c;1-5(2,3)4;;;/h;(H2,1,2,3,4);;;. The summed E-state index contributed by atoms with van der Waals surface area (Å²) < 4.78 is 31.6. The van der Waals surface area contributed by atoms with Crippen molar-refractivity contribution in [1.82, 2.24) is 0 Å². The summed E-state index contributed by atoms with van der Waals surface area (Å²) >= 11 is 0. The van der Waals surface area contributed by atoms with E-state index in [1.807, 2.05) is 0 Å². The zero-order valence-electron chi connectivity index (χ0n) is 2.62. The Morgan fingerprint density at radius 1 is 1.14 bits per heavy atom. The number of hydrogen-bond donors (Lipinski definition) is 2. The average molecular weight is 329 g/mol. The molecule has 7 heavy (non-hydrogen) atoms. The van der Waals surface area contributed by atoms with Gasteiger partial charge >= 0.3 is 59.3 Å². The smallest absolute Gasteiger partial charge is 0 e. The molecule has 0 aliphatic heterocycles. The van der Waals surface area contributed by atoms with Gasteiger partial charge in [0.25, 0.3) is 0 Å². The summed E-state index contributed by atoms with van der Waals surface area (Å²) in [5, 5.41) is 0. The van der Waals surface area contributed by atoms with Crippen molar-refractivity contribution in [2.75, 3.05) is 0 Å². The first kappa shape index (κ1) is 16.2. The molecule has 0 aromatic heterocycles. The van der Waals surface area contributed by atoms with Gasteiger partial charge in [0, 0.05) is 26.2 Å². The molecule has 0 amide bonds. The van der Waals surface area contributed by atoms with Crippen molar-refractivity contribution in [3.05, 3.63) is 0 Å². The second kappa shape index (κ2) is 6.44. The van der Waals surface area contributed by atoms with E-state index in [0.717, 1.165) is 0 Å². The van der Waals surface area contributed by atoms with Crippen molar-refractivity contribution < 1.29 is 43.7 Å². The third kappa shape index (κ3) is 61.6. The molecule has 4 nitrogen and oxygen atoms in total. The summed E-state index contributed by atoms with van der Waals surface area (Å²) in [5.41, 5.74) is 0. The van der Waals surface area contributed by atoms with E-state index in [1.54, 1.807) is 0 Å². The molecule has 0 fully saturated rings. The van der Waals surface area contributed by atoms with Gasteiger partial charge in [0.2, 0.25) is 0 Å². The Labute approximate surface area is 101 Å². The Balaban J connectivity index is -0.0000000800. The van der Waals surface area contributed by atoms with Gasteiger partial charge in [-0.2, -0.15) is 8.42 Å². The molecule has 0 spiro atoms. The molecular weight excluding hydrogens is 325 g/mol. The van der Waals surface area contributed by atoms with Crippen molar-refractivity contribution in [2.45, 2.75) is 0 Å². The van der Waals surface area contributed by atoms with Gasteiger partial charge in [0.1, 0.15) is 0 Å². The Kier molecular flexibility index (Phi) is 14.9. The summed E-state index contributed by atoms with van der Waals surface area (Å²) in [6.45, 7) is 0. The normalized spacial score (nSPS) is 8.29. The summed E-state index contributed by atoms with van der Waals surface area (Å²) in [6, 6.07) is 0. The first-order chi connectivity index (χ1) is 2.00. The number of hydrogen-bond acceptors (Lipinski definition) is 2. The van der Waals surface area contributed by atoms with E-state index in [4.69, 9.17) is 17.5 Å². The Morgan fingerprint density at radius 2 is 1.14 bits per heavy atom. The molecule has 7 heteroatoms. The number of rotatable bonds is 0. The Bertz CT molecular complexity index is 94.9. The molecule has 2 N–H and O–H groups in total. The minimum Gasteiger partial charge on any atom is 0 e. The molecule has 0 rings (SSSR count). The fraction of sp³-hybridized carbons (Fsp3) is 0. The molecule has 40 valence electrons. The van der Waals surface area contributed by atoms with E-state index >= 15 is 0 Å². The second-order valence-corrected chi connectivity index (χ2v) is 1.34. The van der Waals surface area contributed by atoms with Gasteiger partial charge in [0.15, 0.2) is 0 Å². The van der Waals surface area contributed by atoms with Crippen LogP contribution in [0.25, 0.3) is 0 Å². The molecule has 0 radical (unpaired) electrons. The molecule has 0 aromatic rings.